The van der Waals surface area contributed by atoms with Gasteiger partial charge < -0.3 is 9.66 Å². The molecule has 0 saturated heterocycles. The van der Waals surface area contributed by atoms with Crippen molar-refractivity contribution in [2.75, 3.05) is 0 Å². The van der Waals surface area contributed by atoms with Gasteiger partial charge >= 0.3 is 0 Å². The second-order valence-corrected chi connectivity index (χ2v) is 8.69. The molecule has 0 amide bonds. The molecule has 8 heteroatoms. The molecule has 5 nitrogen and oxygen atoms in total. The summed E-state index contributed by atoms with van der Waals surface area (Å²) in [6.07, 6.45) is 4.47. The molecular formula is C19H11Br2O5S-. The lowest BCUT2D eigenvalue weighted by Crippen LogP contribution is -2.06. The molecule has 0 atom stereocenters. The first-order chi connectivity index (χ1) is 12.7. The second-order valence-electron chi connectivity index (χ2n) is 5.64. The summed E-state index contributed by atoms with van der Waals surface area (Å²) in [6, 6.07) is 10.5. The Morgan fingerprint density at radius 3 is 2.37 bits per heavy atom. The molecule has 138 valence electrons. The second kappa shape index (κ2) is 7.55. The lowest BCUT2D eigenvalue weighted by atomic mass is 9.91. The van der Waals surface area contributed by atoms with Gasteiger partial charge in [-0.3, -0.25) is 4.79 Å². The van der Waals surface area contributed by atoms with Crippen molar-refractivity contribution in [2.24, 2.45) is 0 Å². The number of phenols is 1. The molecule has 0 bridgehead atoms. The zero-order valence-electron chi connectivity index (χ0n) is 13.5. The van der Waals surface area contributed by atoms with E-state index in [1.54, 1.807) is 30.4 Å². The van der Waals surface area contributed by atoms with Gasteiger partial charge in [0.2, 0.25) is 0 Å². The van der Waals surface area contributed by atoms with Crippen LogP contribution in [0.25, 0.3) is 5.57 Å². The van der Waals surface area contributed by atoms with Crippen molar-refractivity contribution < 1.29 is 22.9 Å². The number of carbonyl (C=O) groups excluding carboxylic acids is 1. The van der Waals surface area contributed by atoms with Crippen LogP contribution < -0.4 is 0 Å². The van der Waals surface area contributed by atoms with Crippen LogP contribution >= 0.6 is 31.9 Å². The third-order valence-electron chi connectivity index (χ3n) is 3.88. The first kappa shape index (κ1) is 19.8. The number of allylic oxidation sites excluding steroid dienone is 5. The molecule has 0 aliphatic heterocycles. The molecular weight excluding hydrogens is 500 g/mol. The Morgan fingerprint density at radius 2 is 1.74 bits per heavy atom. The molecule has 0 heterocycles. The van der Waals surface area contributed by atoms with Crippen molar-refractivity contribution in [1.29, 1.82) is 0 Å². The maximum atomic E-state index is 11.8. The van der Waals surface area contributed by atoms with Gasteiger partial charge in [0.05, 0.1) is 13.9 Å². The van der Waals surface area contributed by atoms with Gasteiger partial charge in [0, 0.05) is 5.56 Å². The largest absolute Gasteiger partial charge is 0.744 e. The number of aromatic hydroxyl groups is 1. The fourth-order valence-electron chi connectivity index (χ4n) is 2.69. The van der Waals surface area contributed by atoms with Crippen LogP contribution in [0.4, 0.5) is 0 Å². The molecule has 0 radical (unpaired) electrons. The van der Waals surface area contributed by atoms with Crippen molar-refractivity contribution in [3.8, 4) is 5.75 Å². The minimum atomic E-state index is -4.74. The number of benzene rings is 2. The third-order valence-corrected chi connectivity index (χ3v) is 6.03. The standard InChI is InChI=1S/C19H12Br2O5S/c20-14-9-11(5-7-16(14)22)19(12-6-8-17(23)15(21)10-12)13-3-1-2-4-18(13)27(24,25)26/h1-10,22H,(H,24,25,26)/p-1/b19-12-. The summed E-state index contributed by atoms with van der Waals surface area (Å²) < 4.78 is 36.1. The predicted octanol–water partition coefficient (Wildman–Crippen LogP) is 4.28. The van der Waals surface area contributed by atoms with E-state index >= 15 is 0 Å². The summed E-state index contributed by atoms with van der Waals surface area (Å²) in [5.74, 6) is -0.214. The number of halogens is 2. The molecule has 2 aromatic rings. The first-order valence-corrected chi connectivity index (χ1v) is 10.6. The summed E-state index contributed by atoms with van der Waals surface area (Å²) in [5, 5.41) is 9.78. The lowest BCUT2D eigenvalue weighted by molar-refractivity contribution is -0.110. The van der Waals surface area contributed by atoms with Crippen molar-refractivity contribution >= 4 is 53.3 Å². The summed E-state index contributed by atoms with van der Waals surface area (Å²) in [7, 11) is -4.74. The van der Waals surface area contributed by atoms with Crippen molar-refractivity contribution in [2.45, 2.75) is 4.90 Å². The number of hydrogen-bond acceptors (Lipinski definition) is 5. The number of rotatable bonds is 3. The van der Waals surface area contributed by atoms with E-state index in [-0.39, 0.29) is 22.0 Å². The topological polar surface area (TPSA) is 94.5 Å². The third kappa shape index (κ3) is 4.14. The maximum absolute atomic E-state index is 11.8. The van der Waals surface area contributed by atoms with Crippen molar-refractivity contribution in [1.82, 2.24) is 0 Å². The Morgan fingerprint density at radius 1 is 1.04 bits per heavy atom. The summed E-state index contributed by atoms with van der Waals surface area (Å²) in [4.78, 5) is 11.4. The molecule has 1 aliphatic rings. The van der Waals surface area contributed by atoms with Gasteiger partial charge in [0.15, 0.2) is 5.78 Å². The fraction of sp³-hybridized carbons (Fsp3) is 0. The normalized spacial score (nSPS) is 16.3. The van der Waals surface area contributed by atoms with Crippen molar-refractivity contribution in [3.05, 3.63) is 86.3 Å². The highest BCUT2D eigenvalue weighted by Gasteiger charge is 2.19. The molecule has 2 aromatic carbocycles. The van der Waals surface area contributed by atoms with E-state index in [0.717, 1.165) is 0 Å². The van der Waals surface area contributed by atoms with E-state index in [2.05, 4.69) is 31.9 Å². The predicted molar refractivity (Wildman–Crippen MR) is 107 cm³/mol. The van der Waals surface area contributed by atoms with Crippen molar-refractivity contribution in [3.63, 3.8) is 0 Å². The van der Waals surface area contributed by atoms with Gasteiger partial charge in [-0.2, -0.15) is 0 Å². The van der Waals surface area contributed by atoms with Crippen LogP contribution in [-0.2, 0) is 14.9 Å². The van der Waals surface area contributed by atoms with Gasteiger partial charge in [-0.05, 0) is 78.9 Å². The molecule has 0 fully saturated rings. The summed E-state index contributed by atoms with van der Waals surface area (Å²) in [5.41, 5.74) is 1.73. The first-order valence-electron chi connectivity index (χ1n) is 7.56. The average molecular weight is 511 g/mol. The van der Waals surface area contributed by atoms with E-state index in [0.29, 0.717) is 25.7 Å². The van der Waals surface area contributed by atoms with Crippen LogP contribution in [0.3, 0.4) is 0 Å². The number of phenolic OH excluding ortho intramolecular Hbond substituents is 1. The molecule has 0 unspecified atom stereocenters. The Bertz CT molecular complexity index is 1140. The van der Waals surface area contributed by atoms with Crippen LogP contribution in [0.2, 0.25) is 0 Å². The molecule has 0 saturated carbocycles. The van der Waals surface area contributed by atoms with Gasteiger partial charge in [-0.25, -0.2) is 8.42 Å². The number of carbonyl (C=O) groups is 1. The van der Waals surface area contributed by atoms with E-state index in [4.69, 9.17) is 0 Å². The smallest absolute Gasteiger partial charge is 0.192 e. The van der Waals surface area contributed by atoms with Gasteiger partial charge in [-0.1, -0.05) is 30.3 Å². The quantitative estimate of drug-likeness (QED) is 0.622. The van der Waals surface area contributed by atoms with Crippen LogP contribution in [0.1, 0.15) is 11.1 Å². The Balaban J connectivity index is 2.40. The van der Waals surface area contributed by atoms with Crippen LogP contribution in [0, 0.1) is 0 Å². The van der Waals surface area contributed by atoms with E-state index in [1.807, 2.05) is 0 Å². The van der Waals surface area contributed by atoms with E-state index in [1.165, 1.54) is 30.3 Å². The molecule has 27 heavy (non-hydrogen) atoms. The van der Waals surface area contributed by atoms with Crippen LogP contribution in [0.15, 0.2) is 80.1 Å². The molecule has 1 aliphatic carbocycles. The monoisotopic (exact) mass is 509 g/mol. The Kier molecular flexibility index (Phi) is 5.53. The van der Waals surface area contributed by atoms with Gasteiger partial charge in [0.1, 0.15) is 15.9 Å². The highest BCUT2D eigenvalue weighted by atomic mass is 79.9. The van der Waals surface area contributed by atoms with E-state index < -0.39 is 10.1 Å². The number of hydrogen-bond donors (Lipinski definition) is 1. The minimum absolute atomic E-state index is 0.0129. The fourth-order valence-corrected chi connectivity index (χ4v) is 4.13. The lowest BCUT2D eigenvalue weighted by Gasteiger charge is -2.19. The van der Waals surface area contributed by atoms with Gasteiger partial charge in [0.25, 0.3) is 0 Å². The Hall–Kier alpha value is -2.00. The zero-order chi connectivity index (χ0) is 19.8. The maximum Gasteiger partial charge on any atom is 0.192 e. The molecule has 0 aromatic heterocycles. The SMILES string of the molecule is O=C1C=C/C(=C(\c2ccc(O)c(Br)c2)c2ccccc2S(=O)(=O)[O-])C=C1Br. The number of ketones is 1. The average Bonchev–Trinajstić information content (AvgIpc) is 2.61. The van der Waals surface area contributed by atoms with Gasteiger partial charge in [-0.15, -0.1) is 0 Å². The highest BCUT2D eigenvalue weighted by Crippen LogP contribution is 2.37. The van der Waals surface area contributed by atoms with E-state index in [9.17, 15) is 22.9 Å². The minimum Gasteiger partial charge on any atom is -0.744 e. The Labute approximate surface area is 172 Å². The molecule has 3 rings (SSSR count). The van der Waals surface area contributed by atoms with Crippen LogP contribution in [-0.4, -0.2) is 23.9 Å². The molecule has 1 N–H and O–H groups in total. The summed E-state index contributed by atoms with van der Waals surface area (Å²) >= 11 is 6.43. The zero-order valence-corrected chi connectivity index (χ0v) is 17.5. The highest BCUT2D eigenvalue weighted by molar-refractivity contribution is 9.12. The molecule has 0 spiro atoms. The summed E-state index contributed by atoms with van der Waals surface area (Å²) in [6.45, 7) is 0. The van der Waals surface area contributed by atoms with Crippen LogP contribution in [0.5, 0.6) is 5.75 Å².